The van der Waals surface area contributed by atoms with Crippen molar-refractivity contribution in [1.82, 2.24) is 10.3 Å². The summed E-state index contributed by atoms with van der Waals surface area (Å²) in [6.07, 6.45) is -2.29. The third kappa shape index (κ3) is 5.59. The van der Waals surface area contributed by atoms with E-state index in [0.717, 1.165) is 23.2 Å². The van der Waals surface area contributed by atoms with Gasteiger partial charge in [-0.25, -0.2) is 0 Å². The summed E-state index contributed by atoms with van der Waals surface area (Å²) in [6.45, 7) is 6.50. The van der Waals surface area contributed by atoms with Gasteiger partial charge in [0.05, 0.1) is 11.7 Å². The molecule has 1 rings (SSSR count). The Balaban J connectivity index is 2.83. The maximum absolute atomic E-state index is 12.4. The number of hydrogen-bond acceptors (Lipinski definition) is 2. The first-order valence-electron chi connectivity index (χ1n) is 6.56. The minimum absolute atomic E-state index is 0.0282. The molecule has 19 heavy (non-hydrogen) atoms. The van der Waals surface area contributed by atoms with Gasteiger partial charge >= 0.3 is 6.18 Å². The molecule has 0 saturated carbocycles. The summed E-state index contributed by atoms with van der Waals surface area (Å²) in [5, 5.41) is 3.16. The van der Waals surface area contributed by atoms with Gasteiger partial charge in [0, 0.05) is 12.6 Å². The number of hydrogen-bond donors (Lipinski definition) is 1. The third-order valence-electron chi connectivity index (χ3n) is 2.94. The van der Waals surface area contributed by atoms with Crippen LogP contribution in [0.25, 0.3) is 0 Å². The van der Waals surface area contributed by atoms with Crippen molar-refractivity contribution in [2.75, 3.05) is 6.54 Å². The quantitative estimate of drug-likeness (QED) is 0.845. The smallest absolute Gasteiger partial charge is 0.309 e. The summed E-state index contributed by atoms with van der Waals surface area (Å²) in [4.78, 5) is 4.30. The molecule has 1 aromatic rings. The van der Waals surface area contributed by atoms with Crippen LogP contribution in [0.1, 0.15) is 49.0 Å². The van der Waals surface area contributed by atoms with E-state index in [-0.39, 0.29) is 12.5 Å². The Morgan fingerprint density at radius 1 is 1.32 bits per heavy atom. The Labute approximate surface area is 112 Å². The van der Waals surface area contributed by atoms with Gasteiger partial charge < -0.3 is 5.32 Å². The first kappa shape index (κ1) is 16.0. The predicted molar refractivity (Wildman–Crippen MR) is 70.0 cm³/mol. The van der Waals surface area contributed by atoms with Crippen molar-refractivity contribution in [2.45, 2.75) is 52.3 Å². The fourth-order valence-corrected chi connectivity index (χ4v) is 2.05. The molecule has 0 fully saturated rings. The van der Waals surface area contributed by atoms with Gasteiger partial charge in [-0.05, 0) is 44.4 Å². The van der Waals surface area contributed by atoms with E-state index in [1.807, 2.05) is 26.8 Å². The highest BCUT2D eigenvalue weighted by Crippen LogP contribution is 2.28. The number of rotatable bonds is 6. The van der Waals surface area contributed by atoms with Crippen LogP contribution >= 0.6 is 0 Å². The molecule has 5 heteroatoms. The standard InChI is InChI=1S/C14H21F3N2/c1-4-7-18-12(5-6-14(15,16)17)13-11(3)8-10(2)9-19-13/h8-9,12,18H,4-7H2,1-3H3. The summed E-state index contributed by atoms with van der Waals surface area (Å²) >= 11 is 0. The fraction of sp³-hybridized carbons (Fsp3) is 0.643. The molecule has 0 amide bonds. The van der Waals surface area contributed by atoms with Crippen molar-refractivity contribution < 1.29 is 13.2 Å². The van der Waals surface area contributed by atoms with Crippen LogP contribution in [0.4, 0.5) is 13.2 Å². The average Bonchev–Trinajstić information content (AvgIpc) is 2.29. The van der Waals surface area contributed by atoms with E-state index in [1.165, 1.54) is 0 Å². The van der Waals surface area contributed by atoms with Crippen LogP contribution in [0.3, 0.4) is 0 Å². The second-order valence-electron chi connectivity index (χ2n) is 4.88. The van der Waals surface area contributed by atoms with E-state index in [0.29, 0.717) is 6.54 Å². The zero-order valence-electron chi connectivity index (χ0n) is 11.6. The second-order valence-corrected chi connectivity index (χ2v) is 4.88. The molecular weight excluding hydrogens is 253 g/mol. The zero-order chi connectivity index (χ0) is 14.5. The van der Waals surface area contributed by atoms with E-state index in [4.69, 9.17) is 0 Å². The van der Waals surface area contributed by atoms with Crippen LogP contribution in [-0.4, -0.2) is 17.7 Å². The van der Waals surface area contributed by atoms with Gasteiger partial charge in [-0.1, -0.05) is 13.0 Å². The zero-order valence-corrected chi connectivity index (χ0v) is 11.6. The topological polar surface area (TPSA) is 24.9 Å². The van der Waals surface area contributed by atoms with Crippen LogP contribution in [0.2, 0.25) is 0 Å². The monoisotopic (exact) mass is 274 g/mol. The average molecular weight is 274 g/mol. The molecule has 0 aliphatic carbocycles. The number of alkyl halides is 3. The Kier molecular flexibility index (Phi) is 5.79. The van der Waals surface area contributed by atoms with Gasteiger partial charge in [-0.15, -0.1) is 0 Å². The van der Waals surface area contributed by atoms with Gasteiger partial charge in [0.1, 0.15) is 0 Å². The number of aromatic nitrogens is 1. The van der Waals surface area contributed by atoms with E-state index >= 15 is 0 Å². The maximum atomic E-state index is 12.4. The highest BCUT2D eigenvalue weighted by Gasteiger charge is 2.29. The minimum Gasteiger partial charge on any atom is -0.309 e. The van der Waals surface area contributed by atoms with E-state index < -0.39 is 12.6 Å². The molecule has 2 nitrogen and oxygen atoms in total. The molecule has 0 aliphatic heterocycles. The molecule has 0 saturated heterocycles. The number of nitrogens with zero attached hydrogens (tertiary/aromatic N) is 1. The summed E-state index contributed by atoms with van der Waals surface area (Å²) in [5.41, 5.74) is 2.69. The van der Waals surface area contributed by atoms with Gasteiger partial charge in [0.25, 0.3) is 0 Å². The van der Waals surface area contributed by atoms with Gasteiger partial charge in [0.15, 0.2) is 0 Å². The van der Waals surface area contributed by atoms with E-state index in [2.05, 4.69) is 10.3 Å². The van der Waals surface area contributed by atoms with Crippen molar-refractivity contribution >= 4 is 0 Å². The minimum atomic E-state index is -4.12. The molecule has 1 unspecified atom stereocenters. The Bertz CT molecular complexity index is 402. The molecule has 1 atom stereocenters. The highest BCUT2D eigenvalue weighted by atomic mass is 19.4. The molecule has 0 aromatic carbocycles. The Morgan fingerprint density at radius 3 is 2.53 bits per heavy atom. The highest BCUT2D eigenvalue weighted by molar-refractivity contribution is 5.25. The Morgan fingerprint density at radius 2 is 2.00 bits per heavy atom. The fourth-order valence-electron chi connectivity index (χ4n) is 2.05. The maximum Gasteiger partial charge on any atom is 0.389 e. The molecule has 1 aromatic heterocycles. The van der Waals surface area contributed by atoms with Crippen molar-refractivity contribution in [3.8, 4) is 0 Å². The predicted octanol–water partition coefficient (Wildman–Crippen LogP) is 4.08. The summed E-state index contributed by atoms with van der Waals surface area (Å²) in [6, 6.07) is 1.62. The van der Waals surface area contributed by atoms with Crippen molar-refractivity contribution in [2.24, 2.45) is 0 Å². The SMILES string of the molecule is CCCNC(CCC(F)(F)F)c1ncc(C)cc1C. The van der Waals surface area contributed by atoms with Gasteiger partial charge in [-0.2, -0.15) is 13.2 Å². The van der Waals surface area contributed by atoms with E-state index in [9.17, 15) is 13.2 Å². The summed E-state index contributed by atoms with van der Waals surface area (Å²) in [5.74, 6) is 0. The van der Waals surface area contributed by atoms with Crippen LogP contribution in [-0.2, 0) is 0 Å². The second kappa shape index (κ2) is 6.89. The first-order valence-corrected chi connectivity index (χ1v) is 6.56. The largest absolute Gasteiger partial charge is 0.389 e. The molecule has 0 aliphatic rings. The molecule has 108 valence electrons. The van der Waals surface area contributed by atoms with Gasteiger partial charge in [-0.3, -0.25) is 4.98 Å². The van der Waals surface area contributed by atoms with Crippen molar-refractivity contribution in [3.05, 3.63) is 29.1 Å². The molecule has 0 spiro atoms. The van der Waals surface area contributed by atoms with Gasteiger partial charge in [0.2, 0.25) is 0 Å². The first-order chi connectivity index (χ1) is 8.83. The van der Waals surface area contributed by atoms with E-state index in [1.54, 1.807) is 6.20 Å². The number of halogens is 3. The number of nitrogens with one attached hydrogen (secondary N) is 1. The number of pyridine rings is 1. The van der Waals surface area contributed by atoms with Crippen LogP contribution in [0.5, 0.6) is 0 Å². The Hall–Kier alpha value is -1.10. The lowest BCUT2D eigenvalue weighted by Gasteiger charge is -2.20. The normalized spacial score (nSPS) is 13.6. The molecule has 0 radical (unpaired) electrons. The molecule has 1 N–H and O–H groups in total. The molecule has 0 bridgehead atoms. The van der Waals surface area contributed by atoms with Crippen LogP contribution in [0, 0.1) is 13.8 Å². The molecular formula is C14H21F3N2. The van der Waals surface area contributed by atoms with Crippen molar-refractivity contribution in [1.29, 1.82) is 0 Å². The lowest BCUT2D eigenvalue weighted by Crippen LogP contribution is -2.25. The van der Waals surface area contributed by atoms with Crippen LogP contribution in [0.15, 0.2) is 12.3 Å². The lowest BCUT2D eigenvalue weighted by molar-refractivity contribution is -0.136. The lowest BCUT2D eigenvalue weighted by atomic mass is 10.0. The van der Waals surface area contributed by atoms with Crippen LogP contribution < -0.4 is 5.32 Å². The summed E-state index contributed by atoms with van der Waals surface area (Å²) < 4.78 is 37.1. The van der Waals surface area contributed by atoms with Crippen molar-refractivity contribution in [3.63, 3.8) is 0 Å². The number of aryl methyl sites for hydroxylation is 2. The molecule has 1 heterocycles. The summed E-state index contributed by atoms with van der Waals surface area (Å²) in [7, 11) is 0. The third-order valence-corrected chi connectivity index (χ3v) is 2.94.